The van der Waals surface area contributed by atoms with E-state index in [1.165, 1.54) is 18.2 Å². The van der Waals surface area contributed by atoms with Gasteiger partial charge in [0.05, 0.1) is 21.2 Å². The molecule has 0 saturated heterocycles. The van der Waals surface area contributed by atoms with Gasteiger partial charge in [0.25, 0.3) is 10.0 Å². The number of rotatable bonds is 4. The van der Waals surface area contributed by atoms with Crippen LogP contribution in [0.3, 0.4) is 0 Å². The topological polar surface area (TPSA) is 37.4 Å². The first-order valence-corrected chi connectivity index (χ1v) is 8.65. The Morgan fingerprint density at radius 1 is 0.923 bits per heavy atom. The van der Waals surface area contributed by atoms with E-state index in [9.17, 15) is 34.8 Å². The first-order chi connectivity index (χ1) is 11.8. The van der Waals surface area contributed by atoms with Crippen LogP contribution in [0.15, 0.2) is 53.4 Å². The molecule has 0 aliphatic heterocycles. The molecule has 0 aliphatic carbocycles. The minimum Gasteiger partial charge on any atom is -0.257 e. The summed E-state index contributed by atoms with van der Waals surface area (Å²) >= 11 is 5.43. The van der Waals surface area contributed by atoms with Crippen molar-refractivity contribution in [2.75, 3.05) is 10.8 Å². The van der Waals surface area contributed by atoms with Gasteiger partial charge in [0, 0.05) is 0 Å². The molecule has 0 saturated carbocycles. The Balaban J connectivity index is 2.61. The second kappa shape index (κ2) is 6.99. The molecule has 2 aromatic rings. The van der Waals surface area contributed by atoms with Gasteiger partial charge in [-0.05, 0) is 30.3 Å². The first kappa shape index (κ1) is 20.4. The molecule has 0 aliphatic rings. The minimum absolute atomic E-state index is 0.00358. The van der Waals surface area contributed by atoms with Crippen LogP contribution >= 0.6 is 11.6 Å². The summed E-state index contributed by atoms with van der Waals surface area (Å²) in [6.45, 7) is -1.90. The Morgan fingerprint density at radius 2 is 1.50 bits per heavy atom. The van der Waals surface area contributed by atoms with Gasteiger partial charge in [-0.15, -0.1) is 0 Å². The number of alkyl halides is 6. The number of nitrogens with zero attached hydrogens (tertiary/aromatic N) is 1. The molecule has 3 nitrogen and oxygen atoms in total. The monoisotopic (exact) mass is 417 g/mol. The van der Waals surface area contributed by atoms with Crippen molar-refractivity contribution in [3.8, 4) is 0 Å². The summed E-state index contributed by atoms with van der Waals surface area (Å²) in [6.07, 6.45) is -9.88. The van der Waals surface area contributed by atoms with E-state index in [4.69, 9.17) is 11.6 Å². The molecule has 142 valence electrons. The number of anilines is 1. The zero-order valence-electron chi connectivity index (χ0n) is 12.6. The lowest BCUT2D eigenvalue weighted by Gasteiger charge is -2.26. The van der Waals surface area contributed by atoms with Gasteiger partial charge in [-0.2, -0.15) is 26.3 Å². The molecule has 0 spiro atoms. The van der Waals surface area contributed by atoms with E-state index >= 15 is 0 Å². The summed E-state index contributed by atoms with van der Waals surface area (Å²) < 4.78 is 103. The molecular formula is C15H10ClF6NO2S. The van der Waals surface area contributed by atoms with E-state index < -0.39 is 44.4 Å². The molecule has 26 heavy (non-hydrogen) atoms. The third kappa shape index (κ3) is 4.61. The average molecular weight is 418 g/mol. The van der Waals surface area contributed by atoms with E-state index in [0.717, 1.165) is 18.2 Å². The Morgan fingerprint density at radius 3 is 2.00 bits per heavy atom. The second-order valence-corrected chi connectivity index (χ2v) is 7.37. The number of hydrogen-bond donors (Lipinski definition) is 0. The Kier molecular flexibility index (Phi) is 5.48. The predicted molar refractivity (Wildman–Crippen MR) is 83.5 cm³/mol. The standard InChI is InChI=1S/C15H10ClF6NO2S/c16-13-7-6-11(8-12(13)15(20,21)22)26(24,25)23(9-14(17,18)19)10-4-2-1-3-5-10/h1-8H,9H2. The number of halogens is 7. The molecule has 0 heterocycles. The highest BCUT2D eigenvalue weighted by molar-refractivity contribution is 7.92. The van der Waals surface area contributed by atoms with Crippen LogP contribution in [0.5, 0.6) is 0 Å². The van der Waals surface area contributed by atoms with Gasteiger partial charge in [0.2, 0.25) is 0 Å². The summed E-state index contributed by atoms with van der Waals surface area (Å²) in [4.78, 5) is -0.956. The van der Waals surface area contributed by atoms with Crippen LogP contribution in [0, 0.1) is 0 Å². The summed E-state index contributed by atoms with van der Waals surface area (Å²) in [5.74, 6) is 0. The molecule has 0 unspecified atom stereocenters. The van der Waals surface area contributed by atoms with Crippen LogP contribution in [0.2, 0.25) is 5.02 Å². The average Bonchev–Trinajstić information content (AvgIpc) is 2.51. The molecule has 11 heteroatoms. The fourth-order valence-corrected chi connectivity index (χ4v) is 3.78. The van der Waals surface area contributed by atoms with Gasteiger partial charge >= 0.3 is 12.4 Å². The van der Waals surface area contributed by atoms with Crippen molar-refractivity contribution in [3.05, 3.63) is 59.1 Å². The first-order valence-electron chi connectivity index (χ1n) is 6.84. The molecule has 0 N–H and O–H groups in total. The van der Waals surface area contributed by atoms with Gasteiger partial charge in [0.1, 0.15) is 6.54 Å². The van der Waals surface area contributed by atoms with E-state index in [0.29, 0.717) is 6.07 Å². The molecule has 0 radical (unpaired) electrons. The number of benzene rings is 2. The third-order valence-electron chi connectivity index (χ3n) is 3.20. The lowest BCUT2D eigenvalue weighted by atomic mass is 10.2. The summed E-state index contributed by atoms with van der Waals surface area (Å²) in [7, 11) is -4.93. The molecule has 0 amide bonds. The van der Waals surface area contributed by atoms with Crippen molar-refractivity contribution in [1.82, 2.24) is 0 Å². The summed E-state index contributed by atoms with van der Waals surface area (Å²) in [5, 5.41) is -0.765. The van der Waals surface area contributed by atoms with Crippen LogP contribution in [0.4, 0.5) is 32.0 Å². The highest BCUT2D eigenvalue weighted by atomic mass is 35.5. The highest BCUT2D eigenvalue weighted by Crippen LogP contribution is 2.37. The molecule has 0 aromatic heterocycles. The fraction of sp³-hybridized carbons (Fsp3) is 0.200. The van der Waals surface area contributed by atoms with Gasteiger partial charge in [0.15, 0.2) is 0 Å². The lowest BCUT2D eigenvalue weighted by molar-refractivity contribution is -0.137. The SMILES string of the molecule is O=S(=O)(c1ccc(Cl)c(C(F)(F)F)c1)N(CC(F)(F)F)c1ccccc1. The van der Waals surface area contributed by atoms with Gasteiger partial charge < -0.3 is 0 Å². The van der Waals surface area contributed by atoms with Crippen molar-refractivity contribution in [1.29, 1.82) is 0 Å². The molecule has 2 rings (SSSR count). The Labute approximate surface area is 149 Å². The van der Waals surface area contributed by atoms with Crippen molar-refractivity contribution in [2.45, 2.75) is 17.2 Å². The quantitative estimate of drug-likeness (QED) is 0.648. The van der Waals surface area contributed by atoms with Gasteiger partial charge in [-0.1, -0.05) is 29.8 Å². The Hall–Kier alpha value is -1.94. The molecule has 0 atom stereocenters. The minimum atomic E-state index is -4.97. The molecule has 0 bridgehead atoms. The zero-order valence-corrected chi connectivity index (χ0v) is 14.2. The fourth-order valence-electron chi connectivity index (χ4n) is 2.08. The maximum Gasteiger partial charge on any atom is 0.417 e. The molecular weight excluding hydrogens is 408 g/mol. The Bertz CT molecular complexity index is 881. The van der Waals surface area contributed by atoms with Crippen molar-refractivity contribution >= 4 is 27.3 Å². The summed E-state index contributed by atoms with van der Waals surface area (Å²) in [5.41, 5.74) is -1.80. The largest absolute Gasteiger partial charge is 0.417 e. The van der Waals surface area contributed by atoms with E-state index in [2.05, 4.69) is 0 Å². The number of hydrogen-bond acceptors (Lipinski definition) is 2. The van der Waals surface area contributed by atoms with E-state index in [1.54, 1.807) is 0 Å². The molecule has 0 fully saturated rings. The van der Waals surface area contributed by atoms with Gasteiger partial charge in [-0.3, -0.25) is 4.31 Å². The van der Waals surface area contributed by atoms with Crippen LogP contribution < -0.4 is 4.31 Å². The zero-order chi connectivity index (χ0) is 19.8. The predicted octanol–water partition coefficient (Wildman–Crippen LogP) is 5.12. The normalized spacial score (nSPS) is 12.9. The lowest BCUT2D eigenvalue weighted by Crippen LogP contribution is -2.39. The third-order valence-corrected chi connectivity index (χ3v) is 5.30. The van der Waals surface area contributed by atoms with Crippen LogP contribution in [-0.2, 0) is 16.2 Å². The molecule has 2 aromatic carbocycles. The van der Waals surface area contributed by atoms with Crippen LogP contribution in [0.25, 0.3) is 0 Å². The number of sulfonamides is 1. The smallest absolute Gasteiger partial charge is 0.257 e. The van der Waals surface area contributed by atoms with E-state index in [1.807, 2.05) is 0 Å². The maximum absolute atomic E-state index is 12.9. The van der Waals surface area contributed by atoms with Crippen molar-refractivity contribution in [3.63, 3.8) is 0 Å². The second-order valence-electron chi connectivity index (χ2n) is 5.10. The van der Waals surface area contributed by atoms with Crippen molar-refractivity contribution in [2.24, 2.45) is 0 Å². The highest BCUT2D eigenvalue weighted by Gasteiger charge is 2.39. The summed E-state index contributed by atoms with van der Waals surface area (Å²) in [6, 6.07) is 7.87. The van der Waals surface area contributed by atoms with Gasteiger partial charge in [-0.25, -0.2) is 8.42 Å². The van der Waals surface area contributed by atoms with Crippen LogP contribution in [0.1, 0.15) is 5.56 Å². The van der Waals surface area contributed by atoms with E-state index in [-0.39, 0.29) is 16.1 Å². The van der Waals surface area contributed by atoms with Crippen LogP contribution in [-0.4, -0.2) is 21.1 Å². The number of para-hydroxylation sites is 1. The van der Waals surface area contributed by atoms with Crippen molar-refractivity contribution < 1.29 is 34.8 Å². The maximum atomic E-state index is 12.9.